The van der Waals surface area contributed by atoms with Crippen molar-refractivity contribution in [3.63, 3.8) is 0 Å². The molecule has 1 heterocycles. The van der Waals surface area contributed by atoms with Crippen molar-refractivity contribution in [1.29, 1.82) is 0 Å². The molecule has 1 aromatic heterocycles. The number of hydrogen-bond donors (Lipinski definition) is 1. The highest BCUT2D eigenvalue weighted by Crippen LogP contribution is 2.27. The van der Waals surface area contributed by atoms with Gasteiger partial charge in [-0.25, -0.2) is 8.42 Å². The molecule has 162 valence electrons. The molecule has 7 nitrogen and oxygen atoms in total. The first-order valence-electron chi connectivity index (χ1n) is 9.77. The second-order valence-electron chi connectivity index (χ2n) is 6.99. The van der Waals surface area contributed by atoms with Crippen LogP contribution >= 0.6 is 11.3 Å². The quantitative estimate of drug-likeness (QED) is 0.439. The maximum absolute atomic E-state index is 13.3. The largest absolute Gasteiger partial charge is 0.299 e. The van der Waals surface area contributed by atoms with E-state index in [0.717, 1.165) is 15.4 Å². The highest BCUT2D eigenvalue weighted by molar-refractivity contribution is 7.92. The number of carbonyl (C=O) groups excluding carboxylic acids is 1. The average Bonchev–Trinajstić information content (AvgIpc) is 3.27. The summed E-state index contributed by atoms with van der Waals surface area (Å²) in [5.74, 6) is -0.512. The SMILES string of the molecule is Cc1cccc(N(CC(=O)Nc2nnc(-c3ccccc3)s2)S(=O)(=O)c2ccccc2)c1. The Balaban J connectivity index is 1.59. The van der Waals surface area contributed by atoms with Crippen LogP contribution in [-0.2, 0) is 14.8 Å². The predicted octanol–water partition coefficient (Wildman–Crippen LogP) is 4.35. The van der Waals surface area contributed by atoms with Crippen molar-refractivity contribution in [2.75, 3.05) is 16.2 Å². The molecule has 0 aliphatic carbocycles. The number of rotatable bonds is 7. The lowest BCUT2D eigenvalue weighted by Crippen LogP contribution is -2.38. The van der Waals surface area contributed by atoms with Gasteiger partial charge >= 0.3 is 0 Å². The van der Waals surface area contributed by atoms with Crippen LogP contribution < -0.4 is 9.62 Å². The number of nitrogens with one attached hydrogen (secondary N) is 1. The summed E-state index contributed by atoms with van der Waals surface area (Å²) in [6.45, 7) is 1.46. The molecule has 1 N–H and O–H groups in total. The Morgan fingerprint density at radius 3 is 2.31 bits per heavy atom. The number of sulfonamides is 1. The van der Waals surface area contributed by atoms with Crippen molar-refractivity contribution < 1.29 is 13.2 Å². The highest BCUT2D eigenvalue weighted by atomic mass is 32.2. The molecule has 3 aromatic carbocycles. The summed E-state index contributed by atoms with van der Waals surface area (Å²) in [6.07, 6.45) is 0. The van der Waals surface area contributed by atoms with Crippen molar-refractivity contribution in [1.82, 2.24) is 10.2 Å². The smallest absolute Gasteiger partial charge is 0.264 e. The topological polar surface area (TPSA) is 92.3 Å². The van der Waals surface area contributed by atoms with Crippen LogP contribution in [0.4, 0.5) is 10.8 Å². The Morgan fingerprint density at radius 1 is 0.938 bits per heavy atom. The molecule has 32 heavy (non-hydrogen) atoms. The molecule has 4 rings (SSSR count). The first-order chi connectivity index (χ1) is 15.4. The van der Waals surface area contributed by atoms with Gasteiger partial charge in [0.2, 0.25) is 11.0 Å². The van der Waals surface area contributed by atoms with Crippen molar-refractivity contribution in [3.8, 4) is 10.6 Å². The van der Waals surface area contributed by atoms with Crippen molar-refractivity contribution in [2.24, 2.45) is 0 Å². The minimum atomic E-state index is -3.96. The van der Waals surface area contributed by atoms with Gasteiger partial charge in [0, 0.05) is 5.56 Å². The van der Waals surface area contributed by atoms with Gasteiger partial charge in [0.25, 0.3) is 10.0 Å². The molecule has 0 saturated heterocycles. The highest BCUT2D eigenvalue weighted by Gasteiger charge is 2.27. The lowest BCUT2D eigenvalue weighted by Gasteiger charge is -2.24. The molecule has 0 spiro atoms. The zero-order valence-electron chi connectivity index (χ0n) is 17.2. The van der Waals surface area contributed by atoms with Gasteiger partial charge in [0.1, 0.15) is 11.6 Å². The summed E-state index contributed by atoms with van der Waals surface area (Å²) in [6, 6.07) is 24.5. The predicted molar refractivity (Wildman–Crippen MR) is 126 cm³/mol. The average molecular weight is 465 g/mol. The molecule has 9 heteroatoms. The molecule has 0 aliphatic heterocycles. The van der Waals surface area contributed by atoms with Crippen LogP contribution in [0.2, 0.25) is 0 Å². The van der Waals surface area contributed by atoms with E-state index in [1.54, 1.807) is 36.4 Å². The number of hydrogen-bond acceptors (Lipinski definition) is 6. The molecular weight excluding hydrogens is 444 g/mol. The van der Waals surface area contributed by atoms with Crippen LogP contribution in [0.5, 0.6) is 0 Å². The van der Waals surface area contributed by atoms with E-state index in [4.69, 9.17) is 0 Å². The standard InChI is InChI=1S/C23H20N4O3S2/c1-17-9-8-12-19(15-17)27(32(29,30)20-13-6-3-7-14-20)16-21(28)24-23-26-25-22(31-23)18-10-4-2-5-11-18/h2-15H,16H2,1H3,(H,24,26,28). The molecule has 4 aromatic rings. The van der Waals surface area contributed by atoms with Gasteiger partial charge in [-0.3, -0.25) is 14.4 Å². The van der Waals surface area contributed by atoms with Crippen LogP contribution in [0.1, 0.15) is 5.56 Å². The zero-order chi connectivity index (χ0) is 22.6. The van der Waals surface area contributed by atoms with Crippen molar-refractivity contribution >= 4 is 38.1 Å². The van der Waals surface area contributed by atoms with Crippen LogP contribution in [0.3, 0.4) is 0 Å². The van der Waals surface area contributed by atoms with Gasteiger partial charge in [-0.15, -0.1) is 10.2 Å². The maximum atomic E-state index is 13.3. The molecule has 0 bridgehead atoms. The molecule has 0 unspecified atom stereocenters. The molecule has 1 amide bonds. The summed E-state index contributed by atoms with van der Waals surface area (Å²) in [7, 11) is -3.96. The van der Waals surface area contributed by atoms with E-state index in [1.165, 1.54) is 23.5 Å². The van der Waals surface area contributed by atoms with E-state index in [2.05, 4.69) is 15.5 Å². The number of nitrogens with zero attached hydrogens (tertiary/aromatic N) is 3. The van der Waals surface area contributed by atoms with Crippen molar-refractivity contribution in [3.05, 3.63) is 90.5 Å². The number of aromatic nitrogens is 2. The van der Waals surface area contributed by atoms with Crippen LogP contribution in [0.25, 0.3) is 10.6 Å². The van der Waals surface area contributed by atoms with Gasteiger partial charge in [-0.05, 0) is 36.8 Å². The van der Waals surface area contributed by atoms with Gasteiger partial charge < -0.3 is 0 Å². The van der Waals surface area contributed by atoms with E-state index in [1.807, 2.05) is 43.3 Å². The maximum Gasteiger partial charge on any atom is 0.264 e. The Kier molecular flexibility index (Phi) is 6.29. The first-order valence-corrected chi connectivity index (χ1v) is 12.0. The Hall–Kier alpha value is -3.56. The minimum absolute atomic E-state index is 0.108. The van der Waals surface area contributed by atoms with Gasteiger partial charge in [0.15, 0.2) is 0 Å². The molecule has 0 atom stereocenters. The van der Waals surface area contributed by atoms with Gasteiger partial charge in [0.05, 0.1) is 10.6 Å². The van der Waals surface area contributed by atoms with E-state index in [0.29, 0.717) is 15.8 Å². The summed E-state index contributed by atoms with van der Waals surface area (Å²) in [5.41, 5.74) is 2.18. The number of aryl methyl sites for hydroxylation is 1. The number of carbonyl (C=O) groups is 1. The summed E-state index contributed by atoms with van der Waals surface area (Å²) in [5, 5.41) is 11.8. The number of benzene rings is 3. The number of amides is 1. The van der Waals surface area contributed by atoms with E-state index < -0.39 is 22.5 Å². The van der Waals surface area contributed by atoms with E-state index in [-0.39, 0.29) is 4.90 Å². The summed E-state index contributed by atoms with van der Waals surface area (Å²) in [4.78, 5) is 12.9. The van der Waals surface area contributed by atoms with Gasteiger partial charge in [-0.2, -0.15) is 0 Å². The Morgan fingerprint density at radius 2 is 1.62 bits per heavy atom. The Bertz CT molecular complexity index is 1320. The second kappa shape index (κ2) is 9.29. The lowest BCUT2D eigenvalue weighted by molar-refractivity contribution is -0.114. The van der Waals surface area contributed by atoms with Crippen LogP contribution in [0.15, 0.2) is 89.8 Å². The fraction of sp³-hybridized carbons (Fsp3) is 0.0870. The van der Waals surface area contributed by atoms with E-state index in [9.17, 15) is 13.2 Å². The first kappa shape index (κ1) is 21.7. The lowest BCUT2D eigenvalue weighted by atomic mass is 10.2. The molecule has 0 fully saturated rings. The summed E-state index contributed by atoms with van der Waals surface area (Å²) >= 11 is 1.22. The van der Waals surface area contributed by atoms with Crippen LogP contribution in [-0.4, -0.2) is 31.1 Å². The molecule has 0 radical (unpaired) electrons. The van der Waals surface area contributed by atoms with E-state index >= 15 is 0 Å². The molecular formula is C23H20N4O3S2. The summed E-state index contributed by atoms with van der Waals surface area (Å²) < 4.78 is 27.8. The van der Waals surface area contributed by atoms with Crippen molar-refractivity contribution in [2.45, 2.75) is 11.8 Å². The third-order valence-corrected chi connectivity index (χ3v) is 7.28. The third-order valence-electron chi connectivity index (χ3n) is 4.60. The fourth-order valence-corrected chi connectivity index (χ4v) is 5.28. The van der Waals surface area contributed by atoms with Crippen LogP contribution in [0, 0.1) is 6.92 Å². The normalized spacial score (nSPS) is 11.2. The molecule has 0 saturated carbocycles. The number of anilines is 2. The zero-order valence-corrected chi connectivity index (χ0v) is 18.8. The second-order valence-corrected chi connectivity index (χ2v) is 9.83. The van der Waals surface area contributed by atoms with Gasteiger partial charge in [-0.1, -0.05) is 72.0 Å². The fourth-order valence-electron chi connectivity index (χ4n) is 3.08. The minimum Gasteiger partial charge on any atom is -0.299 e. The monoisotopic (exact) mass is 464 g/mol. The Labute approximate surface area is 190 Å². The molecule has 0 aliphatic rings. The third kappa shape index (κ3) is 4.84.